The van der Waals surface area contributed by atoms with E-state index in [2.05, 4.69) is 15.3 Å². The van der Waals surface area contributed by atoms with Crippen LogP contribution in [0.15, 0.2) is 36.8 Å². The summed E-state index contributed by atoms with van der Waals surface area (Å²) in [5.41, 5.74) is 0.212. The number of carbonyl (C=O) groups is 1. The molecule has 1 aromatic heterocycles. The topological polar surface area (TPSA) is 98.0 Å². The number of rotatable bonds is 4. The van der Waals surface area contributed by atoms with Crippen LogP contribution >= 0.6 is 11.6 Å². The molecular weight excluding hydrogens is 284 g/mol. The lowest BCUT2D eigenvalue weighted by Crippen LogP contribution is -2.24. The van der Waals surface area contributed by atoms with E-state index >= 15 is 0 Å². The minimum atomic E-state index is -0.629. The van der Waals surface area contributed by atoms with Crippen molar-refractivity contribution in [2.45, 2.75) is 6.54 Å². The van der Waals surface area contributed by atoms with Gasteiger partial charge in [0.25, 0.3) is 11.6 Å². The van der Waals surface area contributed by atoms with Gasteiger partial charge >= 0.3 is 0 Å². The minimum Gasteiger partial charge on any atom is -0.346 e. The van der Waals surface area contributed by atoms with Gasteiger partial charge < -0.3 is 5.32 Å². The quantitative estimate of drug-likeness (QED) is 0.686. The Kier molecular flexibility index (Phi) is 4.21. The number of hydrogen-bond donors (Lipinski definition) is 1. The van der Waals surface area contributed by atoms with Gasteiger partial charge in [0.1, 0.15) is 11.9 Å². The van der Waals surface area contributed by atoms with Crippen molar-refractivity contribution in [3.63, 3.8) is 0 Å². The van der Waals surface area contributed by atoms with Crippen LogP contribution in [0.5, 0.6) is 0 Å². The SMILES string of the molecule is O=C(NCc1ccncn1)c1cc(Cl)ccc1[N+](=O)[O-]. The van der Waals surface area contributed by atoms with Crippen molar-refractivity contribution in [3.05, 3.63) is 63.2 Å². The Hall–Kier alpha value is -2.54. The van der Waals surface area contributed by atoms with Crippen molar-refractivity contribution in [3.8, 4) is 0 Å². The fourth-order valence-electron chi connectivity index (χ4n) is 1.54. The Balaban J connectivity index is 2.17. The third-order valence-electron chi connectivity index (χ3n) is 2.47. The van der Waals surface area contributed by atoms with Gasteiger partial charge in [0.05, 0.1) is 17.2 Å². The van der Waals surface area contributed by atoms with E-state index in [0.29, 0.717) is 5.69 Å². The molecule has 7 nitrogen and oxygen atoms in total. The number of nitrogens with one attached hydrogen (secondary N) is 1. The zero-order valence-electron chi connectivity index (χ0n) is 10.1. The summed E-state index contributed by atoms with van der Waals surface area (Å²) >= 11 is 5.76. The second kappa shape index (κ2) is 6.07. The number of nitro benzene ring substituents is 1. The summed E-state index contributed by atoms with van der Waals surface area (Å²) in [5.74, 6) is -0.585. The fraction of sp³-hybridized carbons (Fsp3) is 0.0833. The van der Waals surface area contributed by atoms with Crippen molar-refractivity contribution < 1.29 is 9.72 Å². The average molecular weight is 293 g/mol. The van der Waals surface area contributed by atoms with Gasteiger partial charge in [-0.05, 0) is 18.2 Å². The highest BCUT2D eigenvalue weighted by atomic mass is 35.5. The highest BCUT2D eigenvalue weighted by Crippen LogP contribution is 2.22. The molecule has 2 rings (SSSR count). The molecule has 102 valence electrons. The van der Waals surface area contributed by atoms with Crippen LogP contribution in [0.1, 0.15) is 16.1 Å². The van der Waals surface area contributed by atoms with Crippen LogP contribution in [0.4, 0.5) is 5.69 Å². The molecule has 1 N–H and O–H groups in total. The molecule has 1 amide bonds. The van der Waals surface area contributed by atoms with E-state index in [1.165, 1.54) is 30.7 Å². The number of nitro groups is 1. The summed E-state index contributed by atoms with van der Waals surface area (Å²) in [6, 6.07) is 5.45. The molecular formula is C12H9ClN4O3. The van der Waals surface area contributed by atoms with Gasteiger partial charge in [-0.3, -0.25) is 14.9 Å². The molecule has 0 aliphatic carbocycles. The highest BCUT2D eigenvalue weighted by Gasteiger charge is 2.20. The lowest BCUT2D eigenvalue weighted by molar-refractivity contribution is -0.385. The molecule has 0 saturated carbocycles. The average Bonchev–Trinajstić information content (AvgIpc) is 2.45. The fourth-order valence-corrected chi connectivity index (χ4v) is 1.71. The highest BCUT2D eigenvalue weighted by molar-refractivity contribution is 6.31. The third-order valence-corrected chi connectivity index (χ3v) is 2.71. The van der Waals surface area contributed by atoms with Gasteiger partial charge in [-0.2, -0.15) is 0 Å². The Labute approximate surface area is 118 Å². The van der Waals surface area contributed by atoms with Gasteiger partial charge in [-0.1, -0.05) is 11.6 Å². The van der Waals surface area contributed by atoms with E-state index in [1.54, 1.807) is 6.07 Å². The monoisotopic (exact) mass is 292 g/mol. The van der Waals surface area contributed by atoms with Crippen LogP contribution in [0.3, 0.4) is 0 Å². The van der Waals surface area contributed by atoms with E-state index in [-0.39, 0.29) is 22.8 Å². The smallest absolute Gasteiger partial charge is 0.282 e. The molecule has 0 radical (unpaired) electrons. The van der Waals surface area contributed by atoms with E-state index in [4.69, 9.17) is 11.6 Å². The summed E-state index contributed by atoms with van der Waals surface area (Å²) in [7, 11) is 0. The van der Waals surface area contributed by atoms with E-state index in [0.717, 1.165) is 0 Å². The third kappa shape index (κ3) is 3.27. The lowest BCUT2D eigenvalue weighted by Gasteiger charge is -2.05. The Morgan fingerprint density at radius 2 is 2.20 bits per heavy atom. The molecule has 1 aromatic carbocycles. The predicted molar refractivity (Wildman–Crippen MR) is 71.3 cm³/mol. The number of benzene rings is 1. The number of nitrogens with zero attached hydrogens (tertiary/aromatic N) is 3. The second-order valence-corrected chi connectivity index (χ2v) is 4.24. The van der Waals surface area contributed by atoms with Crippen LogP contribution in [-0.2, 0) is 6.54 Å². The number of carbonyl (C=O) groups excluding carboxylic acids is 1. The normalized spacial score (nSPS) is 10.1. The summed E-state index contributed by atoms with van der Waals surface area (Å²) in [5, 5.41) is 13.7. The largest absolute Gasteiger partial charge is 0.346 e. The molecule has 20 heavy (non-hydrogen) atoms. The molecule has 0 aliphatic heterocycles. The molecule has 8 heteroatoms. The zero-order chi connectivity index (χ0) is 14.5. The Morgan fingerprint density at radius 1 is 1.40 bits per heavy atom. The number of amides is 1. The van der Waals surface area contributed by atoms with Crippen LogP contribution in [0.2, 0.25) is 5.02 Å². The summed E-state index contributed by atoms with van der Waals surface area (Å²) < 4.78 is 0. The van der Waals surface area contributed by atoms with Crippen molar-refractivity contribution in [1.29, 1.82) is 0 Å². The molecule has 2 aromatic rings. The molecule has 0 spiro atoms. The summed E-state index contributed by atoms with van der Waals surface area (Å²) in [6.07, 6.45) is 2.89. The summed E-state index contributed by atoms with van der Waals surface area (Å²) in [4.78, 5) is 29.9. The summed E-state index contributed by atoms with van der Waals surface area (Å²) in [6.45, 7) is 0.144. The molecule has 1 heterocycles. The van der Waals surface area contributed by atoms with Crippen molar-refractivity contribution >= 4 is 23.2 Å². The molecule has 0 fully saturated rings. The van der Waals surface area contributed by atoms with Gasteiger partial charge in [0, 0.05) is 17.3 Å². The first-order valence-corrected chi connectivity index (χ1v) is 5.93. The predicted octanol–water partition coefficient (Wildman–Crippen LogP) is 1.97. The van der Waals surface area contributed by atoms with E-state index in [1.807, 2.05) is 0 Å². The Morgan fingerprint density at radius 3 is 2.85 bits per heavy atom. The van der Waals surface area contributed by atoms with Gasteiger partial charge in [-0.25, -0.2) is 9.97 Å². The maximum atomic E-state index is 12.0. The van der Waals surface area contributed by atoms with Crippen LogP contribution in [0.25, 0.3) is 0 Å². The first-order valence-electron chi connectivity index (χ1n) is 5.55. The molecule has 0 aliphatic rings. The van der Waals surface area contributed by atoms with E-state index in [9.17, 15) is 14.9 Å². The Bertz CT molecular complexity index is 648. The first kappa shape index (κ1) is 13.9. The molecule has 0 unspecified atom stereocenters. The standard InChI is InChI=1S/C12H9ClN4O3/c13-8-1-2-11(17(19)20)10(5-8)12(18)15-6-9-3-4-14-7-16-9/h1-5,7H,6H2,(H,15,18). The minimum absolute atomic E-state index is 0.0865. The van der Waals surface area contributed by atoms with Crippen LogP contribution in [0, 0.1) is 10.1 Å². The molecule has 0 atom stereocenters. The van der Waals surface area contributed by atoms with Crippen LogP contribution in [-0.4, -0.2) is 20.8 Å². The lowest BCUT2D eigenvalue weighted by atomic mass is 10.1. The van der Waals surface area contributed by atoms with Gasteiger partial charge in [0.2, 0.25) is 0 Å². The van der Waals surface area contributed by atoms with Crippen molar-refractivity contribution in [1.82, 2.24) is 15.3 Å². The van der Waals surface area contributed by atoms with E-state index < -0.39 is 10.8 Å². The maximum Gasteiger partial charge on any atom is 0.282 e. The van der Waals surface area contributed by atoms with Crippen molar-refractivity contribution in [2.75, 3.05) is 0 Å². The molecule has 0 saturated heterocycles. The van der Waals surface area contributed by atoms with Gasteiger partial charge in [0.15, 0.2) is 0 Å². The first-order chi connectivity index (χ1) is 9.58. The van der Waals surface area contributed by atoms with Crippen LogP contribution < -0.4 is 5.32 Å². The molecule has 0 bridgehead atoms. The zero-order valence-corrected chi connectivity index (χ0v) is 10.9. The maximum absolute atomic E-state index is 12.0. The van der Waals surface area contributed by atoms with Crippen molar-refractivity contribution in [2.24, 2.45) is 0 Å². The number of aromatic nitrogens is 2. The second-order valence-electron chi connectivity index (χ2n) is 3.80. The number of hydrogen-bond acceptors (Lipinski definition) is 5. The van der Waals surface area contributed by atoms with Gasteiger partial charge in [-0.15, -0.1) is 0 Å². The number of halogens is 1.